The molecule has 7 nitrogen and oxygen atoms in total. The van der Waals surface area contributed by atoms with Crippen LogP contribution in [0.2, 0.25) is 0 Å². The molecule has 2 atom stereocenters. The predicted octanol–water partition coefficient (Wildman–Crippen LogP) is 0.342. The summed E-state index contributed by atoms with van der Waals surface area (Å²) in [7, 11) is -0.172. The van der Waals surface area contributed by atoms with Crippen LogP contribution >= 0.6 is 0 Å². The molecule has 0 spiro atoms. The maximum absolute atomic E-state index is 12.4. The van der Waals surface area contributed by atoms with Crippen LogP contribution in [0, 0.1) is 5.92 Å². The minimum absolute atomic E-state index is 0.00599. The van der Waals surface area contributed by atoms with Crippen molar-refractivity contribution in [1.82, 2.24) is 14.2 Å². The van der Waals surface area contributed by atoms with E-state index in [0.29, 0.717) is 0 Å². The molecule has 0 aromatic carbocycles. The van der Waals surface area contributed by atoms with E-state index in [0.717, 1.165) is 19.5 Å². The van der Waals surface area contributed by atoms with Crippen molar-refractivity contribution >= 4 is 16.0 Å². The average Bonchev–Trinajstić information content (AvgIpc) is 2.76. The van der Waals surface area contributed by atoms with Gasteiger partial charge in [0.2, 0.25) is 10.0 Å². The highest BCUT2D eigenvalue weighted by Gasteiger charge is 2.29. The highest BCUT2D eigenvalue weighted by Crippen LogP contribution is 2.20. The fourth-order valence-corrected chi connectivity index (χ4v) is 4.14. The molecule has 1 aliphatic rings. The molecular weight excluding hydrogens is 294 g/mol. The minimum atomic E-state index is -3.70. The van der Waals surface area contributed by atoms with E-state index < -0.39 is 16.0 Å². The number of nitrogens with one attached hydrogen (secondary N) is 1. The van der Waals surface area contributed by atoms with Gasteiger partial charge < -0.3 is 14.6 Å². The van der Waals surface area contributed by atoms with Crippen LogP contribution in [0.1, 0.15) is 23.8 Å². The molecule has 2 rings (SSSR count). The van der Waals surface area contributed by atoms with Crippen LogP contribution in [-0.2, 0) is 17.1 Å². The van der Waals surface area contributed by atoms with E-state index >= 15 is 0 Å². The topological polar surface area (TPSA) is 91.6 Å². The number of carboxylic acid groups (broad SMARTS) is 1. The van der Waals surface area contributed by atoms with Crippen molar-refractivity contribution in [3.8, 4) is 0 Å². The Bertz CT molecular complexity index is 638. The molecule has 1 aromatic heterocycles. The SMILES string of the molecule is CC1CN(C)CCC1NS(=O)(=O)c1cc(C(=O)O)n(C)c1. The third-order valence-corrected chi connectivity index (χ3v) is 5.38. The molecule has 1 aliphatic heterocycles. The molecule has 0 saturated carbocycles. The fourth-order valence-electron chi connectivity index (χ4n) is 2.69. The normalized spacial score (nSPS) is 24.1. The van der Waals surface area contributed by atoms with Crippen molar-refractivity contribution in [1.29, 1.82) is 0 Å². The van der Waals surface area contributed by atoms with Crippen LogP contribution in [0.3, 0.4) is 0 Å². The van der Waals surface area contributed by atoms with E-state index in [1.165, 1.54) is 23.9 Å². The Balaban J connectivity index is 2.19. The summed E-state index contributed by atoms with van der Waals surface area (Å²) in [6.07, 6.45) is 2.07. The van der Waals surface area contributed by atoms with Crippen molar-refractivity contribution in [2.45, 2.75) is 24.3 Å². The van der Waals surface area contributed by atoms with Gasteiger partial charge in [-0.3, -0.25) is 0 Å². The molecule has 0 bridgehead atoms. The third-order valence-electron chi connectivity index (χ3n) is 3.92. The lowest BCUT2D eigenvalue weighted by Crippen LogP contribution is -2.48. The van der Waals surface area contributed by atoms with Gasteiger partial charge in [0.1, 0.15) is 10.6 Å². The molecule has 0 aliphatic carbocycles. The van der Waals surface area contributed by atoms with Crippen molar-refractivity contribution in [3.05, 3.63) is 18.0 Å². The lowest BCUT2D eigenvalue weighted by molar-refractivity contribution is 0.0686. The summed E-state index contributed by atoms with van der Waals surface area (Å²) in [4.78, 5) is 13.2. The summed E-state index contributed by atoms with van der Waals surface area (Å²) in [6.45, 7) is 3.69. The van der Waals surface area contributed by atoms with Gasteiger partial charge in [-0.2, -0.15) is 0 Å². The second-order valence-electron chi connectivity index (χ2n) is 5.73. The van der Waals surface area contributed by atoms with E-state index in [9.17, 15) is 13.2 Å². The molecule has 21 heavy (non-hydrogen) atoms. The first-order chi connectivity index (χ1) is 9.70. The maximum atomic E-state index is 12.4. The monoisotopic (exact) mass is 315 g/mol. The number of aryl methyl sites for hydroxylation is 1. The molecule has 2 N–H and O–H groups in total. The quantitative estimate of drug-likeness (QED) is 0.836. The Labute approximate surface area is 124 Å². The number of aromatic nitrogens is 1. The molecule has 0 radical (unpaired) electrons. The van der Waals surface area contributed by atoms with Gasteiger partial charge in [0.25, 0.3) is 0 Å². The van der Waals surface area contributed by atoms with E-state index in [1.54, 1.807) is 0 Å². The van der Waals surface area contributed by atoms with Gasteiger partial charge in [0.05, 0.1) is 0 Å². The molecule has 0 amide bonds. The Kier molecular flexibility index (Phi) is 4.40. The van der Waals surface area contributed by atoms with Crippen molar-refractivity contribution in [3.63, 3.8) is 0 Å². The number of rotatable bonds is 4. The predicted molar refractivity (Wildman–Crippen MR) is 77.8 cm³/mol. The number of carbonyl (C=O) groups is 1. The van der Waals surface area contributed by atoms with Crippen LogP contribution in [0.5, 0.6) is 0 Å². The van der Waals surface area contributed by atoms with Crippen LogP contribution in [0.4, 0.5) is 0 Å². The summed E-state index contributed by atoms with van der Waals surface area (Å²) in [6, 6.07) is 1.06. The largest absolute Gasteiger partial charge is 0.477 e. The molecule has 118 valence electrons. The van der Waals surface area contributed by atoms with Crippen LogP contribution < -0.4 is 4.72 Å². The zero-order valence-corrected chi connectivity index (χ0v) is 13.2. The Morgan fingerprint density at radius 1 is 1.43 bits per heavy atom. The number of nitrogens with zero attached hydrogens (tertiary/aromatic N) is 2. The van der Waals surface area contributed by atoms with Gasteiger partial charge in [-0.25, -0.2) is 17.9 Å². The summed E-state index contributed by atoms with van der Waals surface area (Å²) < 4.78 is 28.8. The van der Waals surface area contributed by atoms with E-state index in [2.05, 4.69) is 9.62 Å². The standard InChI is InChI=1S/C13H21N3O4S/c1-9-7-15(2)5-4-11(9)14-21(19,20)10-6-12(13(17)18)16(3)8-10/h6,8-9,11,14H,4-5,7H2,1-3H3,(H,17,18). The summed E-state index contributed by atoms with van der Waals surface area (Å²) in [5.41, 5.74) is -0.0493. The van der Waals surface area contributed by atoms with Gasteiger partial charge in [-0.1, -0.05) is 6.92 Å². The third kappa shape index (κ3) is 3.45. The molecule has 2 unspecified atom stereocenters. The van der Waals surface area contributed by atoms with Crippen molar-refractivity contribution < 1.29 is 18.3 Å². The molecular formula is C13H21N3O4S. The summed E-state index contributed by atoms with van der Waals surface area (Å²) in [5.74, 6) is -0.937. The summed E-state index contributed by atoms with van der Waals surface area (Å²) in [5, 5.41) is 9.00. The van der Waals surface area contributed by atoms with E-state index in [1.807, 2.05) is 14.0 Å². The van der Waals surface area contributed by atoms with Crippen molar-refractivity contribution in [2.24, 2.45) is 13.0 Å². The second kappa shape index (κ2) is 5.78. The van der Waals surface area contributed by atoms with Gasteiger partial charge in [-0.15, -0.1) is 0 Å². The van der Waals surface area contributed by atoms with Crippen LogP contribution in [-0.4, -0.2) is 55.1 Å². The van der Waals surface area contributed by atoms with Gasteiger partial charge in [0.15, 0.2) is 0 Å². The fraction of sp³-hybridized carbons (Fsp3) is 0.615. The maximum Gasteiger partial charge on any atom is 0.352 e. The van der Waals surface area contributed by atoms with Gasteiger partial charge >= 0.3 is 5.97 Å². The zero-order chi connectivity index (χ0) is 15.8. The first-order valence-electron chi connectivity index (χ1n) is 6.81. The Hall–Kier alpha value is -1.38. The molecule has 1 fully saturated rings. The molecule has 1 aromatic rings. The lowest BCUT2D eigenvalue weighted by Gasteiger charge is -2.34. The second-order valence-corrected chi connectivity index (χ2v) is 7.45. The molecule has 2 heterocycles. The number of likely N-dealkylation sites (tertiary alicyclic amines) is 1. The van der Waals surface area contributed by atoms with Crippen LogP contribution in [0.25, 0.3) is 0 Å². The highest BCUT2D eigenvalue weighted by atomic mass is 32.2. The Morgan fingerprint density at radius 2 is 2.10 bits per heavy atom. The smallest absolute Gasteiger partial charge is 0.352 e. The molecule has 8 heteroatoms. The lowest BCUT2D eigenvalue weighted by atomic mass is 9.95. The number of carboxylic acids is 1. The number of aromatic carboxylic acids is 1. The minimum Gasteiger partial charge on any atom is -0.477 e. The molecule has 1 saturated heterocycles. The number of hydrogen-bond acceptors (Lipinski definition) is 4. The van der Waals surface area contributed by atoms with E-state index in [4.69, 9.17) is 5.11 Å². The van der Waals surface area contributed by atoms with Crippen molar-refractivity contribution in [2.75, 3.05) is 20.1 Å². The van der Waals surface area contributed by atoms with Gasteiger partial charge in [-0.05, 0) is 32.0 Å². The number of piperidine rings is 1. The van der Waals surface area contributed by atoms with Crippen LogP contribution in [0.15, 0.2) is 17.2 Å². The highest BCUT2D eigenvalue weighted by molar-refractivity contribution is 7.89. The van der Waals surface area contributed by atoms with E-state index in [-0.39, 0.29) is 22.5 Å². The first-order valence-corrected chi connectivity index (χ1v) is 8.29. The number of hydrogen-bond donors (Lipinski definition) is 2. The first kappa shape index (κ1) is 16.0. The summed E-state index contributed by atoms with van der Waals surface area (Å²) >= 11 is 0. The van der Waals surface area contributed by atoms with Gasteiger partial charge in [0, 0.05) is 25.8 Å². The average molecular weight is 315 g/mol. The number of sulfonamides is 1. The zero-order valence-electron chi connectivity index (χ0n) is 12.4. The Morgan fingerprint density at radius 3 is 2.62 bits per heavy atom.